The number of amides is 2. The monoisotopic (exact) mass is 466 g/mol. The molecule has 1 unspecified atom stereocenters. The molecule has 0 saturated carbocycles. The van der Waals surface area contributed by atoms with Gasteiger partial charge in [0.15, 0.2) is 12.8 Å². The Kier molecular flexibility index (Phi) is 12.8. The van der Waals surface area contributed by atoms with Crippen molar-refractivity contribution in [2.45, 2.75) is 45.2 Å². The topological polar surface area (TPSA) is 105 Å². The van der Waals surface area contributed by atoms with Gasteiger partial charge in [-0.05, 0) is 44.7 Å². The van der Waals surface area contributed by atoms with Gasteiger partial charge in [-0.3, -0.25) is 9.59 Å². The van der Waals surface area contributed by atoms with Crippen molar-refractivity contribution in [1.29, 1.82) is 0 Å². The van der Waals surface area contributed by atoms with Gasteiger partial charge in [0.1, 0.15) is 11.6 Å². The molecule has 176 valence electrons. The number of carbonyl (C=O) groups is 2. The smallest absolute Gasteiger partial charge is 0.262 e. The summed E-state index contributed by atoms with van der Waals surface area (Å²) in [4.78, 5) is 24.1. The summed E-state index contributed by atoms with van der Waals surface area (Å²) in [6.07, 6.45) is 6.98. The molecule has 0 spiro atoms. The lowest BCUT2D eigenvalue weighted by molar-refractivity contribution is -0.123. The van der Waals surface area contributed by atoms with Crippen LogP contribution in [0.5, 0.6) is 5.75 Å². The summed E-state index contributed by atoms with van der Waals surface area (Å²) < 4.78 is 18.6. The number of rotatable bonds is 15. The Bertz CT molecular complexity index is 829. The summed E-state index contributed by atoms with van der Waals surface area (Å²) in [5.41, 5.74) is 7.23. The fourth-order valence-corrected chi connectivity index (χ4v) is 2.74. The van der Waals surface area contributed by atoms with Crippen molar-refractivity contribution >= 4 is 23.4 Å². The maximum Gasteiger partial charge on any atom is 0.262 e. The standard InChI is InChI=1S/C23H32ClFN4O3/c1-4-6-7-8-9-17(5-2)29-22(26)23(31)27-13-12-16(3)28-21(30)15-32-18-10-11-19(24)20(25)14-18/h4-5,10-11,14,22,29H,1,3,6-9,12-13,15,26H2,2H3,(H,27,31)(H,28,30)/b17-5-. The van der Waals surface area contributed by atoms with Crippen LogP contribution in [0.3, 0.4) is 0 Å². The van der Waals surface area contributed by atoms with Crippen molar-refractivity contribution in [2.24, 2.45) is 5.73 Å². The van der Waals surface area contributed by atoms with E-state index in [-0.39, 0.29) is 29.8 Å². The second-order valence-corrected chi connectivity index (χ2v) is 7.43. The molecule has 32 heavy (non-hydrogen) atoms. The van der Waals surface area contributed by atoms with Crippen molar-refractivity contribution in [1.82, 2.24) is 16.0 Å². The molecule has 5 N–H and O–H groups in total. The van der Waals surface area contributed by atoms with Gasteiger partial charge in [0.05, 0.1) is 5.02 Å². The number of nitrogens with one attached hydrogen (secondary N) is 3. The Balaban J connectivity index is 2.27. The highest BCUT2D eigenvalue weighted by Gasteiger charge is 2.14. The number of hydrogen-bond acceptors (Lipinski definition) is 5. The number of unbranched alkanes of at least 4 members (excludes halogenated alkanes) is 2. The predicted octanol–water partition coefficient (Wildman–Crippen LogP) is 3.52. The molecule has 2 amide bonds. The number of hydrogen-bond donors (Lipinski definition) is 4. The van der Waals surface area contributed by atoms with Gasteiger partial charge in [-0.25, -0.2) is 4.39 Å². The van der Waals surface area contributed by atoms with Crippen molar-refractivity contribution < 1.29 is 18.7 Å². The molecule has 1 aromatic rings. The van der Waals surface area contributed by atoms with Gasteiger partial charge in [-0.2, -0.15) is 0 Å². The first-order chi connectivity index (χ1) is 15.3. The minimum absolute atomic E-state index is 0.0300. The van der Waals surface area contributed by atoms with E-state index in [4.69, 9.17) is 22.1 Å². The van der Waals surface area contributed by atoms with E-state index in [1.807, 2.05) is 19.1 Å². The van der Waals surface area contributed by atoms with Crippen LogP contribution >= 0.6 is 11.6 Å². The van der Waals surface area contributed by atoms with E-state index in [1.54, 1.807) is 0 Å². The predicted molar refractivity (Wildman–Crippen MR) is 125 cm³/mol. The van der Waals surface area contributed by atoms with Crippen molar-refractivity contribution in [3.05, 3.63) is 65.7 Å². The molecule has 0 aliphatic heterocycles. The van der Waals surface area contributed by atoms with Gasteiger partial charge in [-0.15, -0.1) is 6.58 Å². The van der Waals surface area contributed by atoms with Gasteiger partial charge < -0.3 is 26.4 Å². The Labute approximate surface area is 193 Å². The van der Waals surface area contributed by atoms with Gasteiger partial charge in [0.25, 0.3) is 11.8 Å². The normalized spacial score (nSPS) is 11.9. The summed E-state index contributed by atoms with van der Waals surface area (Å²) in [6, 6.07) is 3.89. The zero-order valence-electron chi connectivity index (χ0n) is 18.4. The quantitative estimate of drug-likeness (QED) is 0.180. The van der Waals surface area contributed by atoms with Gasteiger partial charge in [0.2, 0.25) is 0 Å². The Morgan fingerprint density at radius 3 is 2.72 bits per heavy atom. The molecule has 0 radical (unpaired) electrons. The number of carbonyl (C=O) groups excluding carboxylic acids is 2. The van der Waals surface area contributed by atoms with Crippen LogP contribution in [0.4, 0.5) is 4.39 Å². The lowest BCUT2D eigenvalue weighted by atomic mass is 10.1. The van der Waals surface area contributed by atoms with Crippen LogP contribution in [0.1, 0.15) is 39.0 Å². The first-order valence-corrected chi connectivity index (χ1v) is 10.8. The second kappa shape index (κ2) is 15.0. The van der Waals surface area contributed by atoms with E-state index < -0.39 is 17.9 Å². The Morgan fingerprint density at radius 1 is 1.31 bits per heavy atom. The number of ether oxygens (including phenoxy) is 1. The lowest BCUT2D eigenvalue weighted by Gasteiger charge is -2.18. The minimum atomic E-state index is -0.878. The Morgan fingerprint density at radius 2 is 2.06 bits per heavy atom. The Hall–Kier alpha value is -2.84. The molecule has 7 nitrogen and oxygen atoms in total. The van der Waals surface area contributed by atoms with Gasteiger partial charge in [0, 0.05) is 30.4 Å². The molecule has 1 rings (SSSR count). The van der Waals surface area contributed by atoms with Crippen LogP contribution in [-0.4, -0.2) is 31.1 Å². The molecule has 0 fully saturated rings. The van der Waals surface area contributed by atoms with E-state index in [9.17, 15) is 14.0 Å². The maximum absolute atomic E-state index is 13.4. The maximum atomic E-state index is 13.4. The summed E-state index contributed by atoms with van der Waals surface area (Å²) >= 11 is 5.60. The average Bonchev–Trinajstić information content (AvgIpc) is 2.76. The fraction of sp³-hybridized carbons (Fsp3) is 0.391. The van der Waals surface area contributed by atoms with E-state index in [0.717, 1.165) is 37.4 Å². The molecule has 1 aromatic carbocycles. The van der Waals surface area contributed by atoms with E-state index in [0.29, 0.717) is 12.1 Å². The molecule has 0 aliphatic carbocycles. The third-order valence-corrected chi connectivity index (χ3v) is 4.69. The highest BCUT2D eigenvalue weighted by molar-refractivity contribution is 6.30. The number of halogens is 2. The third kappa shape index (κ3) is 11.0. The zero-order valence-corrected chi connectivity index (χ0v) is 19.1. The van der Waals surface area contributed by atoms with Crippen LogP contribution in [-0.2, 0) is 9.59 Å². The molecule has 0 aromatic heterocycles. The molecular formula is C23H32ClFN4O3. The average molecular weight is 467 g/mol. The molecule has 9 heteroatoms. The molecule has 0 aliphatic rings. The summed E-state index contributed by atoms with van der Waals surface area (Å²) in [5, 5.41) is 8.24. The fourth-order valence-electron chi connectivity index (χ4n) is 2.63. The largest absolute Gasteiger partial charge is 0.484 e. The highest BCUT2D eigenvalue weighted by Crippen LogP contribution is 2.20. The van der Waals surface area contributed by atoms with Crippen LogP contribution in [0.15, 0.2) is 54.9 Å². The van der Waals surface area contributed by atoms with Gasteiger partial charge >= 0.3 is 0 Å². The molecule has 0 bridgehead atoms. The van der Waals surface area contributed by atoms with Crippen LogP contribution in [0.25, 0.3) is 0 Å². The summed E-state index contributed by atoms with van der Waals surface area (Å²) in [7, 11) is 0. The summed E-state index contributed by atoms with van der Waals surface area (Å²) in [6.45, 7) is 9.27. The minimum Gasteiger partial charge on any atom is -0.484 e. The molecular weight excluding hydrogens is 435 g/mol. The van der Waals surface area contributed by atoms with Crippen molar-refractivity contribution in [2.75, 3.05) is 13.2 Å². The third-order valence-electron chi connectivity index (χ3n) is 4.38. The van der Waals surface area contributed by atoms with E-state index >= 15 is 0 Å². The second-order valence-electron chi connectivity index (χ2n) is 7.03. The number of allylic oxidation sites excluding steroid dienone is 3. The highest BCUT2D eigenvalue weighted by atomic mass is 35.5. The van der Waals surface area contributed by atoms with Crippen LogP contribution in [0, 0.1) is 5.82 Å². The van der Waals surface area contributed by atoms with Crippen molar-refractivity contribution in [3.63, 3.8) is 0 Å². The first kappa shape index (κ1) is 27.2. The van der Waals surface area contributed by atoms with Crippen LogP contribution < -0.4 is 26.4 Å². The van der Waals surface area contributed by atoms with Gasteiger partial charge in [-0.1, -0.05) is 30.3 Å². The van der Waals surface area contributed by atoms with Crippen molar-refractivity contribution in [3.8, 4) is 5.75 Å². The van der Waals surface area contributed by atoms with E-state index in [1.165, 1.54) is 12.1 Å². The number of nitrogens with two attached hydrogens (primary N) is 1. The molecule has 1 atom stereocenters. The van der Waals surface area contributed by atoms with E-state index in [2.05, 4.69) is 29.1 Å². The zero-order chi connectivity index (χ0) is 23.9. The first-order valence-electron chi connectivity index (χ1n) is 10.4. The summed E-state index contributed by atoms with van der Waals surface area (Å²) in [5.74, 6) is -1.26. The SMILES string of the molecule is C=CCCCC/C(=C/C)NC(N)C(=O)NCCC(=C)NC(=O)COc1ccc(Cl)c(F)c1. The molecule has 0 heterocycles. The number of benzene rings is 1. The molecule has 0 saturated heterocycles. The lowest BCUT2D eigenvalue weighted by Crippen LogP contribution is -2.50. The van der Waals surface area contributed by atoms with Crippen LogP contribution in [0.2, 0.25) is 5.02 Å².